The smallest absolute Gasteiger partial charge is 0.243 e. The van der Waals surface area contributed by atoms with Crippen molar-refractivity contribution in [2.24, 2.45) is 0 Å². The van der Waals surface area contributed by atoms with Crippen molar-refractivity contribution in [2.75, 3.05) is 0 Å². The highest BCUT2D eigenvalue weighted by molar-refractivity contribution is 5.98. The lowest BCUT2D eigenvalue weighted by Crippen LogP contribution is -2.63. The van der Waals surface area contributed by atoms with Crippen LogP contribution < -0.4 is 10.6 Å². The summed E-state index contributed by atoms with van der Waals surface area (Å²) in [7, 11) is 0. The molecule has 3 aromatic rings. The van der Waals surface area contributed by atoms with E-state index >= 15 is 0 Å². The number of carbonyl (C=O) groups is 2. The summed E-state index contributed by atoms with van der Waals surface area (Å²) in [5, 5.41) is 7.04. The number of carbonyl (C=O) groups excluding carboxylic acids is 2. The van der Waals surface area contributed by atoms with Crippen molar-refractivity contribution in [1.29, 1.82) is 0 Å². The highest BCUT2D eigenvalue weighted by Crippen LogP contribution is 2.34. The Labute approximate surface area is 170 Å². The van der Waals surface area contributed by atoms with Crippen molar-refractivity contribution in [2.45, 2.75) is 51.1 Å². The minimum Gasteiger partial charge on any atom is -0.358 e. The van der Waals surface area contributed by atoms with E-state index in [-0.39, 0.29) is 17.7 Å². The Kier molecular flexibility index (Phi) is 5.34. The van der Waals surface area contributed by atoms with Gasteiger partial charge >= 0.3 is 0 Å². The molecule has 0 spiro atoms. The molecule has 2 amide bonds. The highest BCUT2D eigenvalue weighted by Gasteiger charge is 2.39. The normalized spacial score (nSPS) is 20.3. The minimum atomic E-state index is -0.597. The van der Waals surface area contributed by atoms with Gasteiger partial charge in [0.05, 0.1) is 0 Å². The number of aryl methyl sites for hydroxylation is 1. The van der Waals surface area contributed by atoms with Crippen molar-refractivity contribution < 1.29 is 9.59 Å². The van der Waals surface area contributed by atoms with Crippen LogP contribution in [0.2, 0.25) is 0 Å². The molecule has 0 radical (unpaired) electrons. The van der Waals surface area contributed by atoms with Gasteiger partial charge < -0.3 is 15.6 Å². The molecule has 6 heteroatoms. The number of benzene rings is 1. The van der Waals surface area contributed by atoms with Crippen molar-refractivity contribution >= 4 is 22.7 Å². The number of hydrogen-bond donors (Lipinski definition) is 3. The molecular weight excluding hydrogens is 364 g/mol. The summed E-state index contributed by atoms with van der Waals surface area (Å²) in [6.07, 6.45) is 3.66. The van der Waals surface area contributed by atoms with Crippen LogP contribution >= 0.6 is 0 Å². The maximum absolute atomic E-state index is 13.0. The molecule has 1 saturated heterocycles. The third-order valence-corrected chi connectivity index (χ3v) is 5.75. The van der Waals surface area contributed by atoms with Gasteiger partial charge in [0, 0.05) is 40.8 Å². The van der Waals surface area contributed by atoms with E-state index in [1.165, 1.54) is 0 Å². The SMILES string of the molecule is CCc1[nH]c2ccccc2c1[C@@H](CC)[C@H]1NC(=O)[C@@H](Cc2ccccn2)NC1=O. The van der Waals surface area contributed by atoms with Crippen LogP contribution in [0.25, 0.3) is 10.9 Å². The van der Waals surface area contributed by atoms with Gasteiger partial charge in [0.1, 0.15) is 12.1 Å². The number of para-hydroxylation sites is 1. The standard InChI is InChI=1S/C23H26N4O2/c1-3-15(20-16-10-5-6-11-18(16)25-17(20)4-2)21-23(29)26-19(22(28)27-21)13-14-9-7-8-12-24-14/h5-12,15,19,21,25H,3-4,13H2,1-2H3,(H,26,29)(H,27,28)/t15-,19-,21-/m1/s1. The largest absolute Gasteiger partial charge is 0.358 e. The molecule has 1 aromatic carbocycles. The third kappa shape index (κ3) is 3.62. The topological polar surface area (TPSA) is 86.9 Å². The molecule has 2 aromatic heterocycles. The first kappa shape index (κ1) is 19.2. The molecule has 3 atom stereocenters. The summed E-state index contributed by atoms with van der Waals surface area (Å²) >= 11 is 0. The second-order valence-corrected chi connectivity index (χ2v) is 7.50. The molecule has 0 unspecified atom stereocenters. The van der Waals surface area contributed by atoms with E-state index in [2.05, 4.69) is 40.5 Å². The Morgan fingerprint density at radius 3 is 2.52 bits per heavy atom. The lowest BCUT2D eigenvalue weighted by atomic mass is 9.84. The summed E-state index contributed by atoms with van der Waals surface area (Å²) in [5.74, 6) is -0.387. The minimum absolute atomic E-state index is 0.0964. The Balaban J connectivity index is 1.61. The first-order valence-corrected chi connectivity index (χ1v) is 10.2. The van der Waals surface area contributed by atoms with Gasteiger partial charge in [-0.05, 0) is 36.6 Å². The van der Waals surface area contributed by atoms with Gasteiger partial charge in [0.2, 0.25) is 11.8 Å². The summed E-state index contributed by atoms with van der Waals surface area (Å²) in [5.41, 5.74) is 4.10. The number of aromatic amines is 1. The van der Waals surface area contributed by atoms with Gasteiger partial charge in [-0.1, -0.05) is 38.1 Å². The Morgan fingerprint density at radius 2 is 1.79 bits per heavy atom. The second-order valence-electron chi connectivity index (χ2n) is 7.50. The van der Waals surface area contributed by atoms with Crippen LogP contribution in [0.1, 0.15) is 43.1 Å². The lowest BCUT2D eigenvalue weighted by Gasteiger charge is -2.34. The summed E-state index contributed by atoms with van der Waals surface area (Å²) < 4.78 is 0. The predicted octanol–water partition coefficient (Wildman–Crippen LogP) is 2.84. The van der Waals surface area contributed by atoms with Gasteiger partial charge in [-0.25, -0.2) is 0 Å². The van der Waals surface area contributed by atoms with Gasteiger partial charge in [-0.2, -0.15) is 0 Å². The number of piperazine rings is 1. The molecule has 1 fully saturated rings. The average Bonchev–Trinajstić information content (AvgIpc) is 3.11. The van der Waals surface area contributed by atoms with E-state index in [1.807, 2.05) is 36.4 Å². The molecule has 0 saturated carbocycles. The maximum Gasteiger partial charge on any atom is 0.243 e. The number of amides is 2. The zero-order chi connectivity index (χ0) is 20.4. The Morgan fingerprint density at radius 1 is 1.00 bits per heavy atom. The van der Waals surface area contributed by atoms with E-state index in [4.69, 9.17) is 0 Å². The van der Waals surface area contributed by atoms with Crippen LogP contribution in [0, 0.1) is 0 Å². The molecular formula is C23H26N4O2. The maximum atomic E-state index is 13.0. The number of rotatable bonds is 6. The molecule has 150 valence electrons. The molecule has 1 aliphatic rings. The Bertz CT molecular complexity index is 1030. The quantitative estimate of drug-likeness (QED) is 0.605. The zero-order valence-corrected chi connectivity index (χ0v) is 16.7. The van der Waals surface area contributed by atoms with Crippen LogP contribution in [0.4, 0.5) is 0 Å². The Hall–Kier alpha value is -3.15. The van der Waals surface area contributed by atoms with Crippen molar-refractivity contribution in [1.82, 2.24) is 20.6 Å². The average molecular weight is 390 g/mol. The number of nitrogens with zero attached hydrogens (tertiary/aromatic N) is 1. The first-order chi connectivity index (χ1) is 14.1. The van der Waals surface area contributed by atoms with E-state index in [9.17, 15) is 9.59 Å². The summed E-state index contributed by atoms with van der Waals surface area (Å²) in [4.78, 5) is 33.6. The predicted molar refractivity (Wildman–Crippen MR) is 113 cm³/mol. The van der Waals surface area contributed by atoms with Gasteiger partial charge in [0.15, 0.2) is 0 Å². The molecule has 6 nitrogen and oxygen atoms in total. The molecule has 3 heterocycles. The van der Waals surface area contributed by atoms with E-state index in [1.54, 1.807) is 6.20 Å². The number of H-pyrrole nitrogens is 1. The number of nitrogens with one attached hydrogen (secondary N) is 3. The first-order valence-electron chi connectivity index (χ1n) is 10.2. The highest BCUT2D eigenvalue weighted by atomic mass is 16.2. The fourth-order valence-corrected chi connectivity index (χ4v) is 4.33. The number of aromatic nitrogens is 2. The molecule has 3 N–H and O–H groups in total. The molecule has 0 aliphatic carbocycles. The van der Waals surface area contributed by atoms with Crippen molar-refractivity contribution in [3.8, 4) is 0 Å². The van der Waals surface area contributed by atoms with E-state index in [0.29, 0.717) is 6.42 Å². The van der Waals surface area contributed by atoms with Crippen molar-refractivity contribution in [3.63, 3.8) is 0 Å². The van der Waals surface area contributed by atoms with Gasteiger partial charge in [0.25, 0.3) is 0 Å². The molecule has 29 heavy (non-hydrogen) atoms. The monoisotopic (exact) mass is 390 g/mol. The van der Waals surface area contributed by atoms with Gasteiger partial charge in [-0.3, -0.25) is 14.6 Å². The van der Waals surface area contributed by atoms with Crippen LogP contribution in [0.5, 0.6) is 0 Å². The molecule has 1 aliphatic heterocycles. The van der Waals surface area contributed by atoms with Crippen LogP contribution in [-0.2, 0) is 22.4 Å². The fourth-order valence-electron chi connectivity index (χ4n) is 4.33. The number of fused-ring (bicyclic) bond motifs is 1. The van der Waals surface area contributed by atoms with Crippen LogP contribution in [-0.4, -0.2) is 33.9 Å². The second kappa shape index (κ2) is 8.07. The lowest BCUT2D eigenvalue weighted by molar-refractivity contribution is -0.137. The third-order valence-electron chi connectivity index (χ3n) is 5.75. The zero-order valence-electron chi connectivity index (χ0n) is 16.7. The van der Waals surface area contributed by atoms with Crippen LogP contribution in [0.15, 0.2) is 48.7 Å². The summed E-state index contributed by atoms with van der Waals surface area (Å²) in [6.45, 7) is 4.16. The van der Waals surface area contributed by atoms with Gasteiger partial charge in [-0.15, -0.1) is 0 Å². The van der Waals surface area contributed by atoms with Crippen LogP contribution in [0.3, 0.4) is 0 Å². The molecule has 4 rings (SSSR count). The number of hydrogen-bond acceptors (Lipinski definition) is 3. The number of pyridine rings is 1. The van der Waals surface area contributed by atoms with E-state index < -0.39 is 12.1 Å². The van der Waals surface area contributed by atoms with Crippen molar-refractivity contribution in [3.05, 3.63) is 65.6 Å². The fraction of sp³-hybridized carbons (Fsp3) is 0.348. The summed E-state index contributed by atoms with van der Waals surface area (Å²) in [6, 6.07) is 12.5. The van der Waals surface area contributed by atoms with E-state index in [0.717, 1.165) is 40.7 Å². The molecule has 0 bridgehead atoms.